The fourth-order valence-electron chi connectivity index (χ4n) is 4.76. The van der Waals surface area contributed by atoms with Crippen LogP contribution in [0.4, 0.5) is 0 Å². The number of aliphatic hydroxyl groups is 1. The molecular formula is C23H29N5O. The third kappa shape index (κ3) is 4.20. The minimum Gasteiger partial charge on any atom is -0.392 e. The monoisotopic (exact) mass is 391 g/mol. The van der Waals surface area contributed by atoms with Crippen LogP contribution in [0.3, 0.4) is 0 Å². The molecule has 0 aliphatic carbocycles. The third-order valence-corrected chi connectivity index (χ3v) is 6.40. The molecule has 2 fully saturated rings. The summed E-state index contributed by atoms with van der Waals surface area (Å²) >= 11 is 0. The number of fused-ring (bicyclic) bond motifs is 1. The second-order valence-electron chi connectivity index (χ2n) is 8.51. The maximum Gasteiger partial charge on any atom is 0.0967 e. The molecule has 0 spiro atoms. The van der Waals surface area contributed by atoms with Crippen LogP contribution in [-0.2, 0) is 13.1 Å². The summed E-state index contributed by atoms with van der Waals surface area (Å²) in [6.45, 7) is 5.66. The number of aliphatic hydroxyl groups excluding tert-OH is 1. The van der Waals surface area contributed by atoms with E-state index in [2.05, 4.69) is 73.5 Å². The Kier molecular flexibility index (Phi) is 5.31. The Labute approximate surface area is 171 Å². The van der Waals surface area contributed by atoms with Gasteiger partial charge in [0.1, 0.15) is 0 Å². The smallest absolute Gasteiger partial charge is 0.0967 e. The van der Waals surface area contributed by atoms with Crippen LogP contribution in [0, 0.1) is 0 Å². The zero-order valence-electron chi connectivity index (χ0n) is 16.8. The highest BCUT2D eigenvalue weighted by molar-refractivity contribution is 5.85. The minimum atomic E-state index is -0.184. The van der Waals surface area contributed by atoms with Gasteiger partial charge in [-0.2, -0.15) is 0 Å². The second kappa shape index (κ2) is 8.22. The van der Waals surface area contributed by atoms with E-state index in [0.717, 1.165) is 64.2 Å². The number of rotatable bonds is 5. The lowest BCUT2D eigenvalue weighted by atomic mass is 10.0. The third-order valence-electron chi connectivity index (χ3n) is 6.40. The van der Waals surface area contributed by atoms with Gasteiger partial charge in [-0.1, -0.05) is 47.7 Å². The van der Waals surface area contributed by atoms with E-state index in [1.54, 1.807) is 0 Å². The number of hydrogen-bond donors (Lipinski definition) is 1. The van der Waals surface area contributed by atoms with Gasteiger partial charge < -0.3 is 5.11 Å². The van der Waals surface area contributed by atoms with Gasteiger partial charge in [-0.25, -0.2) is 4.68 Å². The lowest BCUT2D eigenvalue weighted by Gasteiger charge is -2.32. The zero-order chi connectivity index (χ0) is 19.6. The predicted molar refractivity (Wildman–Crippen MR) is 113 cm³/mol. The standard InChI is InChI=1S/C23H29N5O/c29-22-10-13-27(17-22)15-20-16-28(25-24-20)21-8-11-26(12-9-21)14-19-6-3-5-18-4-1-2-7-23(18)19/h1-7,16,21-22,29H,8-15,17H2/t22-/m1/s1. The van der Waals surface area contributed by atoms with E-state index in [1.807, 2.05) is 0 Å². The molecule has 29 heavy (non-hydrogen) atoms. The molecular weight excluding hydrogens is 362 g/mol. The molecule has 5 rings (SSSR count). The Hall–Kier alpha value is -2.28. The first-order chi connectivity index (χ1) is 14.2. The summed E-state index contributed by atoms with van der Waals surface area (Å²) < 4.78 is 2.07. The first kappa shape index (κ1) is 18.7. The summed E-state index contributed by atoms with van der Waals surface area (Å²) in [5.41, 5.74) is 2.43. The molecule has 0 radical (unpaired) electrons. The normalized spacial score (nSPS) is 21.9. The summed E-state index contributed by atoms with van der Waals surface area (Å²) in [5, 5.41) is 21.2. The highest BCUT2D eigenvalue weighted by Gasteiger charge is 2.24. The lowest BCUT2D eigenvalue weighted by molar-refractivity contribution is 0.172. The molecule has 1 N–H and O–H groups in total. The van der Waals surface area contributed by atoms with E-state index in [-0.39, 0.29) is 6.10 Å². The fraction of sp³-hybridized carbons (Fsp3) is 0.478. The van der Waals surface area contributed by atoms with Crippen molar-refractivity contribution in [2.45, 2.75) is 44.5 Å². The molecule has 6 nitrogen and oxygen atoms in total. The zero-order valence-corrected chi connectivity index (χ0v) is 16.8. The Morgan fingerprint density at radius 3 is 2.52 bits per heavy atom. The molecule has 1 aromatic heterocycles. The Balaban J connectivity index is 1.18. The van der Waals surface area contributed by atoms with Gasteiger partial charge in [0.15, 0.2) is 0 Å². The molecule has 2 aromatic carbocycles. The largest absolute Gasteiger partial charge is 0.392 e. The van der Waals surface area contributed by atoms with Crippen molar-refractivity contribution in [2.75, 3.05) is 26.2 Å². The number of likely N-dealkylation sites (tertiary alicyclic amines) is 2. The van der Waals surface area contributed by atoms with Gasteiger partial charge in [0.25, 0.3) is 0 Å². The van der Waals surface area contributed by atoms with E-state index < -0.39 is 0 Å². The van der Waals surface area contributed by atoms with Crippen LogP contribution in [0.15, 0.2) is 48.7 Å². The van der Waals surface area contributed by atoms with E-state index in [4.69, 9.17) is 0 Å². The number of benzene rings is 2. The minimum absolute atomic E-state index is 0.184. The van der Waals surface area contributed by atoms with Crippen LogP contribution in [0.2, 0.25) is 0 Å². The van der Waals surface area contributed by atoms with E-state index >= 15 is 0 Å². The van der Waals surface area contributed by atoms with Gasteiger partial charge in [0.2, 0.25) is 0 Å². The summed E-state index contributed by atoms with van der Waals surface area (Å²) in [5.74, 6) is 0. The van der Waals surface area contributed by atoms with Gasteiger partial charge in [-0.05, 0) is 35.6 Å². The molecule has 1 atom stereocenters. The van der Waals surface area contributed by atoms with Crippen molar-refractivity contribution in [3.05, 3.63) is 59.9 Å². The number of hydrogen-bond acceptors (Lipinski definition) is 5. The van der Waals surface area contributed by atoms with Crippen LogP contribution in [0.1, 0.15) is 36.6 Å². The summed E-state index contributed by atoms with van der Waals surface area (Å²) in [6.07, 6.45) is 5.00. The number of nitrogens with zero attached hydrogens (tertiary/aromatic N) is 5. The van der Waals surface area contributed by atoms with Gasteiger partial charge in [0, 0.05) is 39.3 Å². The Morgan fingerprint density at radius 2 is 1.69 bits per heavy atom. The van der Waals surface area contributed by atoms with Crippen LogP contribution in [-0.4, -0.2) is 62.2 Å². The molecule has 0 amide bonds. The molecule has 0 saturated carbocycles. The second-order valence-corrected chi connectivity index (χ2v) is 8.51. The van der Waals surface area contributed by atoms with Gasteiger partial charge in [-0.15, -0.1) is 5.10 Å². The summed E-state index contributed by atoms with van der Waals surface area (Å²) in [4.78, 5) is 4.81. The molecule has 2 aliphatic heterocycles. The van der Waals surface area contributed by atoms with Crippen molar-refractivity contribution >= 4 is 10.8 Å². The SMILES string of the molecule is O[C@@H]1CCN(Cc2cn(C3CCN(Cc4cccc5ccccc45)CC3)nn2)C1. The number of β-amino-alcohol motifs (C(OH)–C–C–N with tert-alkyl or cyclic N) is 1. The maximum atomic E-state index is 9.69. The molecule has 3 heterocycles. The first-order valence-electron chi connectivity index (χ1n) is 10.7. The van der Waals surface area contributed by atoms with Gasteiger partial charge in [0.05, 0.1) is 24.0 Å². The molecule has 152 valence electrons. The molecule has 2 saturated heterocycles. The van der Waals surface area contributed by atoms with Crippen molar-refractivity contribution in [1.29, 1.82) is 0 Å². The highest BCUT2D eigenvalue weighted by atomic mass is 16.3. The van der Waals surface area contributed by atoms with Crippen molar-refractivity contribution in [2.24, 2.45) is 0 Å². The number of aromatic nitrogens is 3. The van der Waals surface area contributed by atoms with Gasteiger partial charge >= 0.3 is 0 Å². The average Bonchev–Trinajstić information content (AvgIpc) is 3.38. The average molecular weight is 392 g/mol. The van der Waals surface area contributed by atoms with Gasteiger partial charge in [-0.3, -0.25) is 9.80 Å². The van der Waals surface area contributed by atoms with E-state index in [9.17, 15) is 5.11 Å². The summed E-state index contributed by atoms with van der Waals surface area (Å²) in [7, 11) is 0. The van der Waals surface area contributed by atoms with Crippen molar-refractivity contribution in [1.82, 2.24) is 24.8 Å². The van der Waals surface area contributed by atoms with Crippen LogP contribution < -0.4 is 0 Å². The highest BCUT2D eigenvalue weighted by Crippen LogP contribution is 2.25. The maximum absolute atomic E-state index is 9.69. The fourth-order valence-corrected chi connectivity index (χ4v) is 4.76. The molecule has 2 aliphatic rings. The Bertz CT molecular complexity index is 957. The number of piperidine rings is 1. The van der Waals surface area contributed by atoms with Crippen LogP contribution >= 0.6 is 0 Å². The van der Waals surface area contributed by atoms with E-state index in [0.29, 0.717) is 6.04 Å². The molecule has 3 aromatic rings. The predicted octanol–water partition coefficient (Wildman–Crippen LogP) is 2.84. The van der Waals surface area contributed by atoms with E-state index in [1.165, 1.54) is 16.3 Å². The summed E-state index contributed by atoms with van der Waals surface area (Å²) in [6, 6.07) is 15.7. The van der Waals surface area contributed by atoms with Crippen molar-refractivity contribution in [3.8, 4) is 0 Å². The van der Waals surface area contributed by atoms with Crippen LogP contribution in [0.5, 0.6) is 0 Å². The molecule has 0 bridgehead atoms. The molecule has 6 heteroatoms. The topological polar surface area (TPSA) is 57.4 Å². The van der Waals surface area contributed by atoms with Crippen molar-refractivity contribution in [3.63, 3.8) is 0 Å². The molecule has 0 unspecified atom stereocenters. The first-order valence-corrected chi connectivity index (χ1v) is 10.7. The quantitative estimate of drug-likeness (QED) is 0.725. The van der Waals surface area contributed by atoms with Crippen LogP contribution in [0.25, 0.3) is 10.8 Å². The Morgan fingerprint density at radius 1 is 0.897 bits per heavy atom. The van der Waals surface area contributed by atoms with Crippen molar-refractivity contribution < 1.29 is 5.11 Å². The lowest BCUT2D eigenvalue weighted by Crippen LogP contribution is -2.34.